The predicted octanol–water partition coefficient (Wildman–Crippen LogP) is -0.962. The summed E-state index contributed by atoms with van der Waals surface area (Å²) in [5.41, 5.74) is -5.65. The van der Waals surface area contributed by atoms with E-state index in [1.165, 1.54) is 0 Å². The van der Waals surface area contributed by atoms with Gasteiger partial charge in [-0.05, 0) is 6.58 Å². The molecule has 2 saturated heterocycles. The molecule has 6 nitrogen and oxygen atoms in total. The first-order chi connectivity index (χ1) is 8.86. The van der Waals surface area contributed by atoms with Crippen LogP contribution in [0.5, 0.6) is 0 Å². The number of hydrogen-bond donors (Lipinski definition) is 3. The molecule has 2 rings (SSSR count). The average molecular weight is 338 g/mol. The fourth-order valence-corrected chi connectivity index (χ4v) is 4.75. The monoisotopic (exact) mass is 338 g/mol. The molecular formula is C9H13F3O6S2. The molecule has 0 aromatic rings. The van der Waals surface area contributed by atoms with Gasteiger partial charge in [-0.3, -0.25) is 0 Å². The maximum absolute atomic E-state index is 10.7. The zero-order valence-electron chi connectivity index (χ0n) is 9.95. The largest absolute Gasteiger partial charge is 0.741 e. The minimum absolute atomic E-state index is 0.146. The smallest absolute Gasteiger partial charge is 0.485 e. The Bertz CT molecular complexity index is 477. The van der Waals surface area contributed by atoms with Crippen molar-refractivity contribution in [2.45, 2.75) is 35.5 Å². The molecular weight excluding hydrogens is 325 g/mol. The van der Waals surface area contributed by atoms with E-state index in [0.717, 1.165) is 4.91 Å². The Labute approximate surface area is 116 Å². The van der Waals surface area contributed by atoms with Crippen molar-refractivity contribution in [2.24, 2.45) is 0 Å². The Morgan fingerprint density at radius 3 is 2.05 bits per heavy atom. The lowest BCUT2D eigenvalue weighted by Gasteiger charge is -2.10. The molecule has 2 heterocycles. The molecule has 0 aromatic heterocycles. The topological polar surface area (TPSA) is 118 Å². The first kappa shape index (κ1) is 17.7. The molecule has 0 amide bonds. The second kappa shape index (κ2) is 5.81. The second-order valence-electron chi connectivity index (χ2n) is 4.33. The lowest BCUT2D eigenvalue weighted by atomic mass is 10.1. The van der Waals surface area contributed by atoms with E-state index in [9.17, 15) is 28.5 Å². The Kier molecular flexibility index (Phi) is 5.15. The SMILES string of the molecule is C=C1C[C@@H](O)[C@@H]2[C@@H](O)[C@H](O)C[S+]12.O=S(=O)([O-])C(F)(F)F. The van der Waals surface area contributed by atoms with E-state index >= 15 is 0 Å². The van der Waals surface area contributed by atoms with Crippen molar-refractivity contribution < 1.29 is 41.5 Å². The molecule has 0 bridgehead atoms. The normalized spacial score (nSPS) is 37.4. The molecule has 0 radical (unpaired) electrons. The predicted molar refractivity (Wildman–Crippen MR) is 63.5 cm³/mol. The number of hydrogen-bond acceptors (Lipinski definition) is 6. The highest BCUT2D eigenvalue weighted by molar-refractivity contribution is 8.01. The molecule has 2 aliphatic heterocycles. The number of halogens is 3. The third kappa shape index (κ3) is 3.65. The van der Waals surface area contributed by atoms with E-state index in [-0.39, 0.29) is 16.1 Å². The van der Waals surface area contributed by atoms with Gasteiger partial charge < -0.3 is 19.9 Å². The van der Waals surface area contributed by atoms with Gasteiger partial charge >= 0.3 is 5.51 Å². The van der Waals surface area contributed by atoms with Crippen LogP contribution in [0.4, 0.5) is 13.2 Å². The Morgan fingerprint density at radius 2 is 1.70 bits per heavy atom. The summed E-state index contributed by atoms with van der Waals surface area (Å²) in [5.74, 6) is 0.585. The molecule has 11 heteroatoms. The molecule has 1 unspecified atom stereocenters. The molecule has 20 heavy (non-hydrogen) atoms. The molecule has 0 spiro atoms. The van der Waals surface area contributed by atoms with E-state index in [2.05, 4.69) is 6.58 Å². The van der Waals surface area contributed by atoms with Crippen LogP contribution in [-0.2, 0) is 21.0 Å². The first-order valence-electron chi connectivity index (χ1n) is 5.30. The summed E-state index contributed by atoms with van der Waals surface area (Å²) in [7, 11) is -6.24. The van der Waals surface area contributed by atoms with Crippen LogP contribution in [0.15, 0.2) is 11.5 Å². The molecule has 0 aromatic carbocycles. The number of aliphatic hydroxyl groups is 3. The van der Waals surface area contributed by atoms with E-state index in [0.29, 0.717) is 12.2 Å². The van der Waals surface area contributed by atoms with Crippen LogP contribution in [0.1, 0.15) is 6.42 Å². The lowest BCUT2D eigenvalue weighted by molar-refractivity contribution is -0.0517. The molecule has 0 saturated carbocycles. The van der Waals surface area contributed by atoms with Gasteiger partial charge in [-0.2, -0.15) is 13.2 Å². The minimum Gasteiger partial charge on any atom is -0.741 e. The highest BCUT2D eigenvalue weighted by Gasteiger charge is 2.59. The molecule has 3 N–H and O–H groups in total. The first-order valence-corrected chi connectivity index (χ1v) is 8.16. The zero-order valence-corrected chi connectivity index (χ0v) is 11.6. The van der Waals surface area contributed by atoms with Crippen molar-refractivity contribution in [1.29, 1.82) is 0 Å². The van der Waals surface area contributed by atoms with Crippen LogP contribution in [-0.4, -0.2) is 63.1 Å². The molecule has 5 atom stereocenters. The van der Waals surface area contributed by atoms with Gasteiger partial charge in [0.15, 0.2) is 15.4 Å². The van der Waals surface area contributed by atoms with Crippen molar-refractivity contribution >= 4 is 21.0 Å². The maximum Gasteiger partial charge on any atom is 0.485 e. The summed E-state index contributed by atoms with van der Waals surface area (Å²) in [6, 6.07) is 0. The van der Waals surface area contributed by atoms with Crippen molar-refractivity contribution in [1.82, 2.24) is 0 Å². The summed E-state index contributed by atoms with van der Waals surface area (Å²) in [5, 5.41) is 28.2. The third-order valence-electron chi connectivity index (χ3n) is 2.88. The standard InChI is InChI=1S/C8H13O3S.CHF3O3S/c1-4-2-5(9)8-7(11)6(10)3-12(4)8;2-1(3,4)8(5,6)7/h5-11H,1-3H2;(H,5,6,7)/q+1;/p-1/t5-,6-,7+,8-,12?;/m1./s1. The summed E-state index contributed by atoms with van der Waals surface area (Å²) in [6.07, 6.45) is -1.31. The van der Waals surface area contributed by atoms with Crippen molar-refractivity contribution in [3.8, 4) is 0 Å². The number of aliphatic hydroxyl groups excluding tert-OH is 3. The highest BCUT2D eigenvalue weighted by atomic mass is 32.2. The highest BCUT2D eigenvalue weighted by Crippen LogP contribution is 2.40. The van der Waals surface area contributed by atoms with E-state index < -0.39 is 33.9 Å². The second-order valence-corrected chi connectivity index (χ2v) is 8.01. The quantitative estimate of drug-likeness (QED) is 0.297. The number of alkyl halides is 3. The molecule has 118 valence electrons. The van der Waals surface area contributed by atoms with Gasteiger partial charge in [0, 0.05) is 17.3 Å². The van der Waals surface area contributed by atoms with E-state index in [1.807, 2.05) is 0 Å². The van der Waals surface area contributed by atoms with Crippen LogP contribution in [0, 0.1) is 0 Å². The summed E-state index contributed by atoms with van der Waals surface area (Å²) >= 11 is 0. The van der Waals surface area contributed by atoms with Gasteiger partial charge in [0.25, 0.3) is 0 Å². The van der Waals surface area contributed by atoms with Gasteiger partial charge in [0.2, 0.25) is 0 Å². The summed E-state index contributed by atoms with van der Waals surface area (Å²) in [4.78, 5) is 1.00. The van der Waals surface area contributed by atoms with Crippen molar-refractivity contribution in [3.63, 3.8) is 0 Å². The molecule has 0 aliphatic carbocycles. The van der Waals surface area contributed by atoms with Gasteiger partial charge in [-0.25, -0.2) is 8.42 Å². The zero-order chi connectivity index (χ0) is 15.9. The third-order valence-corrected chi connectivity index (χ3v) is 6.31. The van der Waals surface area contributed by atoms with Gasteiger partial charge in [-0.1, -0.05) is 0 Å². The fraction of sp³-hybridized carbons (Fsp3) is 0.778. The van der Waals surface area contributed by atoms with Crippen LogP contribution < -0.4 is 0 Å². The average Bonchev–Trinajstić information content (AvgIpc) is 2.67. The fourth-order valence-electron chi connectivity index (χ4n) is 1.96. The molecule has 2 fully saturated rings. The van der Waals surface area contributed by atoms with Crippen LogP contribution in [0.3, 0.4) is 0 Å². The van der Waals surface area contributed by atoms with Crippen molar-refractivity contribution in [3.05, 3.63) is 11.5 Å². The van der Waals surface area contributed by atoms with Gasteiger partial charge in [-0.15, -0.1) is 0 Å². The van der Waals surface area contributed by atoms with Crippen LogP contribution >= 0.6 is 0 Å². The number of fused-ring (bicyclic) bond motifs is 1. The number of rotatable bonds is 0. The Hall–Kier alpha value is -0.330. The van der Waals surface area contributed by atoms with Crippen molar-refractivity contribution in [2.75, 3.05) is 5.75 Å². The van der Waals surface area contributed by atoms with E-state index in [4.69, 9.17) is 13.0 Å². The van der Waals surface area contributed by atoms with E-state index in [1.54, 1.807) is 0 Å². The van der Waals surface area contributed by atoms with Gasteiger partial charge in [0.05, 0.1) is 0 Å². The lowest BCUT2D eigenvalue weighted by Crippen LogP contribution is -2.36. The Balaban J connectivity index is 0.000000221. The van der Waals surface area contributed by atoms with Gasteiger partial charge in [0.1, 0.15) is 29.0 Å². The van der Waals surface area contributed by atoms with Crippen LogP contribution in [0.2, 0.25) is 0 Å². The maximum atomic E-state index is 10.7. The summed E-state index contributed by atoms with van der Waals surface area (Å²) < 4.78 is 58.9. The Morgan fingerprint density at radius 1 is 1.25 bits per heavy atom. The summed E-state index contributed by atoms with van der Waals surface area (Å²) in [6.45, 7) is 3.85. The minimum atomic E-state index is -6.09. The molecule has 2 aliphatic rings. The van der Waals surface area contributed by atoms with Crippen LogP contribution in [0.25, 0.3) is 0 Å².